The summed E-state index contributed by atoms with van der Waals surface area (Å²) in [5.41, 5.74) is 1.95. The predicted octanol–water partition coefficient (Wildman–Crippen LogP) is 4.72. The van der Waals surface area contributed by atoms with Crippen LogP contribution < -0.4 is 0 Å². The maximum absolute atomic E-state index is 12.1. The Morgan fingerprint density at radius 3 is 2.68 bits per heavy atom. The van der Waals surface area contributed by atoms with Crippen LogP contribution in [0, 0.1) is 5.92 Å². The van der Waals surface area contributed by atoms with Crippen molar-refractivity contribution in [2.45, 2.75) is 63.6 Å². The molecule has 0 saturated carbocycles. The number of aryl methyl sites for hydroxylation is 1. The van der Waals surface area contributed by atoms with Gasteiger partial charge >= 0.3 is 5.97 Å². The lowest BCUT2D eigenvalue weighted by Crippen LogP contribution is -2.37. The molecule has 2 aromatic carbocycles. The molecule has 166 valence electrons. The summed E-state index contributed by atoms with van der Waals surface area (Å²) >= 11 is 0. The van der Waals surface area contributed by atoms with Gasteiger partial charge in [-0.3, -0.25) is 4.79 Å². The van der Waals surface area contributed by atoms with E-state index in [1.807, 2.05) is 42.5 Å². The van der Waals surface area contributed by atoms with Gasteiger partial charge in [-0.25, -0.2) is 0 Å². The van der Waals surface area contributed by atoms with Gasteiger partial charge in [-0.1, -0.05) is 73.2 Å². The molecule has 31 heavy (non-hydrogen) atoms. The molecule has 0 fully saturated rings. The lowest BCUT2D eigenvalue weighted by atomic mass is 9.72. The summed E-state index contributed by atoms with van der Waals surface area (Å²) in [6.45, 7) is 2.07. The van der Waals surface area contributed by atoms with Crippen LogP contribution in [0.1, 0.15) is 55.7 Å². The largest absolute Gasteiger partial charge is 0.466 e. The lowest BCUT2D eigenvalue weighted by Gasteiger charge is -2.37. The molecule has 0 spiro atoms. The van der Waals surface area contributed by atoms with Gasteiger partial charge in [-0.2, -0.15) is 0 Å². The first kappa shape index (κ1) is 23.2. The van der Waals surface area contributed by atoms with Crippen LogP contribution in [-0.4, -0.2) is 28.9 Å². The van der Waals surface area contributed by atoms with E-state index in [1.165, 1.54) is 5.56 Å². The minimum atomic E-state index is -1.24. The zero-order chi connectivity index (χ0) is 22.1. The van der Waals surface area contributed by atoms with Gasteiger partial charge in [0.1, 0.15) is 5.60 Å². The average molecular weight is 423 g/mol. The molecule has 0 amide bonds. The Labute approximate surface area is 185 Å². The highest BCUT2D eigenvalue weighted by Crippen LogP contribution is 2.41. The van der Waals surface area contributed by atoms with Gasteiger partial charge in [-0.15, -0.1) is 0 Å². The number of aliphatic hydroxyl groups excluding tert-OH is 1. The van der Waals surface area contributed by atoms with E-state index in [1.54, 1.807) is 6.92 Å². The van der Waals surface area contributed by atoms with Crippen molar-refractivity contribution in [1.82, 2.24) is 0 Å². The molecule has 1 aliphatic rings. The van der Waals surface area contributed by atoms with E-state index >= 15 is 0 Å². The number of carbonyl (C=O) groups is 1. The van der Waals surface area contributed by atoms with Crippen LogP contribution in [0.4, 0.5) is 0 Å². The number of ether oxygens (including phenoxy) is 1. The average Bonchev–Trinajstić information content (AvgIpc) is 2.76. The van der Waals surface area contributed by atoms with Crippen molar-refractivity contribution < 1.29 is 19.7 Å². The molecule has 0 heterocycles. The third-order valence-electron chi connectivity index (χ3n) is 6.01. The van der Waals surface area contributed by atoms with Gasteiger partial charge in [0.2, 0.25) is 0 Å². The van der Waals surface area contributed by atoms with Crippen LogP contribution in [-0.2, 0) is 28.0 Å². The van der Waals surface area contributed by atoms with Gasteiger partial charge in [0, 0.05) is 0 Å². The Hall–Kier alpha value is -2.43. The third-order valence-corrected chi connectivity index (χ3v) is 6.01. The Kier molecular flexibility index (Phi) is 8.44. The van der Waals surface area contributed by atoms with E-state index in [-0.39, 0.29) is 18.3 Å². The maximum Gasteiger partial charge on any atom is 0.309 e. The summed E-state index contributed by atoms with van der Waals surface area (Å²) in [6, 6.07) is 18.2. The number of allylic oxidation sites excluding steroid dienone is 1. The Bertz CT molecular complexity index is 861. The second-order valence-electron chi connectivity index (χ2n) is 8.52. The Morgan fingerprint density at radius 2 is 1.90 bits per heavy atom. The van der Waals surface area contributed by atoms with Crippen molar-refractivity contribution in [2.24, 2.45) is 5.92 Å². The molecule has 0 aliphatic heterocycles. The number of hydrogen-bond acceptors (Lipinski definition) is 4. The third kappa shape index (κ3) is 6.78. The van der Waals surface area contributed by atoms with Crippen LogP contribution in [0.15, 0.2) is 66.7 Å². The number of aliphatic hydroxyl groups is 2. The van der Waals surface area contributed by atoms with Gasteiger partial charge in [0.15, 0.2) is 0 Å². The van der Waals surface area contributed by atoms with E-state index in [4.69, 9.17) is 4.74 Å². The van der Waals surface area contributed by atoms with E-state index in [9.17, 15) is 15.0 Å². The van der Waals surface area contributed by atoms with E-state index in [0.29, 0.717) is 13.0 Å². The minimum absolute atomic E-state index is 0.0514. The monoisotopic (exact) mass is 422 g/mol. The molecule has 0 saturated heterocycles. The van der Waals surface area contributed by atoms with Crippen LogP contribution in [0.5, 0.6) is 0 Å². The van der Waals surface area contributed by atoms with Crippen molar-refractivity contribution in [3.63, 3.8) is 0 Å². The Balaban J connectivity index is 1.55. The summed E-state index contributed by atoms with van der Waals surface area (Å²) in [5, 5.41) is 21.7. The molecule has 4 nitrogen and oxygen atoms in total. The number of unbranched alkanes of at least 4 members (excludes halogenated alkanes) is 1. The number of benzene rings is 2. The Morgan fingerprint density at radius 1 is 1.16 bits per heavy atom. The summed E-state index contributed by atoms with van der Waals surface area (Å²) < 4.78 is 5.09. The highest BCUT2D eigenvalue weighted by atomic mass is 16.5. The molecular formula is C27H34O4. The predicted molar refractivity (Wildman–Crippen MR) is 123 cm³/mol. The fraction of sp³-hybridized carbons (Fsp3) is 0.444. The zero-order valence-corrected chi connectivity index (χ0v) is 18.4. The summed E-state index contributed by atoms with van der Waals surface area (Å²) in [4.78, 5) is 12.1. The SMILES string of the molecule is CCOC(=O)CC1(O)CC(/C=C/C(O)CCCCc2ccccc2)Cc2ccccc21. The van der Waals surface area contributed by atoms with Crippen molar-refractivity contribution >= 4 is 5.97 Å². The standard InChI is InChI=1S/C27H34O4/c1-2-31-26(29)20-27(30)19-22(18-23-13-7-9-15-25(23)27)16-17-24(28)14-8-6-12-21-10-4-3-5-11-21/h3-5,7,9-11,13,15-17,22,24,28,30H,2,6,8,12,14,18-20H2,1H3/b17-16+. The van der Waals surface area contributed by atoms with Crippen LogP contribution >= 0.6 is 0 Å². The first-order chi connectivity index (χ1) is 15.0. The summed E-state index contributed by atoms with van der Waals surface area (Å²) in [6.07, 6.45) is 8.30. The fourth-order valence-corrected chi connectivity index (χ4v) is 4.51. The smallest absolute Gasteiger partial charge is 0.309 e. The van der Waals surface area contributed by atoms with Crippen molar-refractivity contribution in [2.75, 3.05) is 6.61 Å². The topological polar surface area (TPSA) is 66.8 Å². The second kappa shape index (κ2) is 11.3. The molecule has 0 bridgehead atoms. The molecule has 2 aromatic rings. The van der Waals surface area contributed by atoms with Crippen LogP contribution in [0.2, 0.25) is 0 Å². The normalized spacial score (nSPS) is 21.6. The maximum atomic E-state index is 12.1. The summed E-state index contributed by atoms with van der Waals surface area (Å²) in [7, 11) is 0. The molecule has 3 rings (SSSR count). The molecular weight excluding hydrogens is 388 g/mol. The molecule has 2 N–H and O–H groups in total. The van der Waals surface area contributed by atoms with Crippen LogP contribution in [0.25, 0.3) is 0 Å². The van der Waals surface area contributed by atoms with Gasteiger partial charge in [-0.05, 0) is 61.6 Å². The van der Waals surface area contributed by atoms with Crippen molar-refractivity contribution in [3.05, 3.63) is 83.4 Å². The number of hydrogen-bond donors (Lipinski definition) is 2. The molecule has 3 unspecified atom stereocenters. The molecule has 0 aromatic heterocycles. The van der Waals surface area contributed by atoms with Crippen LogP contribution in [0.3, 0.4) is 0 Å². The number of esters is 1. The lowest BCUT2D eigenvalue weighted by molar-refractivity contribution is -0.150. The van der Waals surface area contributed by atoms with Gasteiger partial charge in [0.05, 0.1) is 19.1 Å². The molecule has 1 aliphatic carbocycles. The van der Waals surface area contributed by atoms with Gasteiger partial charge in [0.25, 0.3) is 0 Å². The molecule has 0 radical (unpaired) electrons. The summed E-state index contributed by atoms with van der Waals surface area (Å²) in [5.74, 6) is -0.323. The highest BCUT2D eigenvalue weighted by Gasteiger charge is 2.40. The first-order valence-corrected chi connectivity index (χ1v) is 11.4. The molecule has 4 heteroatoms. The van der Waals surface area contributed by atoms with Crippen molar-refractivity contribution in [1.29, 1.82) is 0 Å². The van der Waals surface area contributed by atoms with Gasteiger partial charge < -0.3 is 14.9 Å². The first-order valence-electron chi connectivity index (χ1n) is 11.4. The van der Waals surface area contributed by atoms with E-state index < -0.39 is 11.7 Å². The number of rotatable bonds is 10. The second-order valence-corrected chi connectivity index (χ2v) is 8.52. The number of carbonyl (C=O) groups excluding carboxylic acids is 1. The number of fused-ring (bicyclic) bond motifs is 1. The van der Waals surface area contributed by atoms with Crippen molar-refractivity contribution in [3.8, 4) is 0 Å². The fourth-order valence-electron chi connectivity index (χ4n) is 4.51. The quantitative estimate of drug-likeness (QED) is 0.330. The minimum Gasteiger partial charge on any atom is -0.466 e. The zero-order valence-electron chi connectivity index (χ0n) is 18.4. The van der Waals surface area contributed by atoms with E-state index in [0.717, 1.165) is 43.2 Å². The molecule has 3 atom stereocenters. The van der Waals surface area contributed by atoms with E-state index in [2.05, 4.69) is 24.3 Å². The highest BCUT2D eigenvalue weighted by molar-refractivity contribution is 5.71.